The molecule has 2 fully saturated rings. The van der Waals surface area contributed by atoms with Crippen molar-refractivity contribution in [2.24, 2.45) is 0 Å². The average Bonchev–Trinajstić information content (AvgIpc) is 3.26. The van der Waals surface area contributed by atoms with Gasteiger partial charge in [-0.05, 0) is 12.5 Å². The first-order chi connectivity index (χ1) is 13.9. The number of sulfone groups is 1. The molecule has 2 aromatic rings. The summed E-state index contributed by atoms with van der Waals surface area (Å²) >= 11 is 0. The molecule has 2 amide bonds. The lowest BCUT2D eigenvalue weighted by molar-refractivity contribution is -0.131. The van der Waals surface area contributed by atoms with E-state index in [0.717, 1.165) is 5.56 Å². The summed E-state index contributed by atoms with van der Waals surface area (Å²) in [6.45, 7) is 3.44. The van der Waals surface area contributed by atoms with Crippen LogP contribution in [0.2, 0.25) is 0 Å². The molecule has 0 unspecified atom stereocenters. The third-order valence-corrected chi connectivity index (χ3v) is 8.32. The first-order valence-corrected chi connectivity index (χ1v) is 11.4. The molecule has 2 saturated heterocycles. The summed E-state index contributed by atoms with van der Waals surface area (Å²) in [6.07, 6.45) is 3.68. The summed E-state index contributed by atoms with van der Waals surface area (Å²) in [4.78, 5) is 27.3. The van der Waals surface area contributed by atoms with Crippen LogP contribution in [0.25, 0.3) is 0 Å². The monoisotopic (exact) mass is 416 g/mol. The molecular formula is C20H24N4O4S. The lowest BCUT2D eigenvalue weighted by Gasteiger charge is -2.43. The SMILES string of the molecule is CCn1cc(C(=O)N2CCC3(CC2)N(Cc2ccccc2)C(=O)CS3(=O)=O)cn1. The molecule has 3 heterocycles. The number of likely N-dealkylation sites (tertiary alicyclic amines) is 1. The van der Waals surface area contributed by atoms with Gasteiger partial charge < -0.3 is 9.80 Å². The van der Waals surface area contributed by atoms with Gasteiger partial charge in [-0.2, -0.15) is 5.10 Å². The molecule has 0 atom stereocenters. The molecule has 2 aliphatic rings. The zero-order chi connectivity index (χ0) is 20.6. The summed E-state index contributed by atoms with van der Waals surface area (Å²) in [5.41, 5.74) is 1.39. The van der Waals surface area contributed by atoms with Crippen LogP contribution in [-0.4, -0.2) is 63.5 Å². The number of benzene rings is 1. The Balaban J connectivity index is 1.55. The van der Waals surface area contributed by atoms with Crippen molar-refractivity contribution in [1.82, 2.24) is 19.6 Å². The van der Waals surface area contributed by atoms with Crippen LogP contribution in [0, 0.1) is 0 Å². The molecule has 0 N–H and O–H groups in total. The topological polar surface area (TPSA) is 92.6 Å². The van der Waals surface area contributed by atoms with Gasteiger partial charge in [0.25, 0.3) is 5.91 Å². The van der Waals surface area contributed by atoms with Gasteiger partial charge in [-0.3, -0.25) is 14.3 Å². The van der Waals surface area contributed by atoms with Crippen molar-refractivity contribution in [3.8, 4) is 0 Å². The normalized spacial score (nSPS) is 20.4. The minimum atomic E-state index is -3.62. The van der Waals surface area contributed by atoms with Gasteiger partial charge in [0, 0.05) is 45.2 Å². The van der Waals surface area contributed by atoms with E-state index in [1.807, 2.05) is 37.3 Å². The summed E-state index contributed by atoms with van der Waals surface area (Å²) in [5.74, 6) is -0.981. The van der Waals surface area contributed by atoms with Gasteiger partial charge in [0.05, 0.1) is 11.8 Å². The van der Waals surface area contributed by atoms with Crippen molar-refractivity contribution < 1.29 is 18.0 Å². The van der Waals surface area contributed by atoms with Gasteiger partial charge in [0.2, 0.25) is 5.91 Å². The Morgan fingerprint density at radius 3 is 2.48 bits per heavy atom. The smallest absolute Gasteiger partial charge is 0.257 e. The first kappa shape index (κ1) is 19.6. The highest BCUT2D eigenvalue weighted by Gasteiger charge is 2.58. The van der Waals surface area contributed by atoms with Gasteiger partial charge in [-0.15, -0.1) is 0 Å². The number of rotatable bonds is 4. The first-order valence-electron chi connectivity index (χ1n) is 9.75. The van der Waals surface area contributed by atoms with Gasteiger partial charge in [-0.25, -0.2) is 8.42 Å². The van der Waals surface area contributed by atoms with Crippen LogP contribution in [0.5, 0.6) is 0 Å². The van der Waals surface area contributed by atoms with Gasteiger partial charge in [0.15, 0.2) is 9.84 Å². The van der Waals surface area contributed by atoms with Crippen molar-refractivity contribution in [2.45, 2.75) is 37.7 Å². The molecule has 0 radical (unpaired) electrons. The molecule has 29 heavy (non-hydrogen) atoms. The van der Waals surface area contributed by atoms with Crippen LogP contribution in [0.3, 0.4) is 0 Å². The fraction of sp³-hybridized carbons (Fsp3) is 0.450. The average molecular weight is 417 g/mol. The number of aryl methyl sites for hydroxylation is 1. The molecule has 1 aromatic carbocycles. The molecule has 1 aromatic heterocycles. The van der Waals surface area contributed by atoms with E-state index >= 15 is 0 Å². The maximum atomic E-state index is 13.0. The lowest BCUT2D eigenvalue weighted by atomic mass is 10.0. The van der Waals surface area contributed by atoms with E-state index in [0.29, 0.717) is 12.1 Å². The van der Waals surface area contributed by atoms with Crippen LogP contribution < -0.4 is 0 Å². The Kier molecular flexibility index (Phi) is 4.94. The number of nitrogens with zero attached hydrogens (tertiary/aromatic N) is 4. The van der Waals surface area contributed by atoms with E-state index in [-0.39, 0.29) is 44.3 Å². The maximum Gasteiger partial charge on any atom is 0.257 e. The predicted molar refractivity (Wildman–Crippen MR) is 107 cm³/mol. The summed E-state index contributed by atoms with van der Waals surface area (Å²) in [7, 11) is -3.62. The van der Waals surface area contributed by atoms with Gasteiger partial charge in [-0.1, -0.05) is 30.3 Å². The van der Waals surface area contributed by atoms with E-state index < -0.39 is 20.5 Å². The summed E-state index contributed by atoms with van der Waals surface area (Å²) < 4.78 is 27.6. The summed E-state index contributed by atoms with van der Waals surface area (Å²) in [5, 5.41) is 4.13. The number of hydrogen-bond donors (Lipinski definition) is 0. The van der Waals surface area contributed by atoms with Crippen LogP contribution in [-0.2, 0) is 27.7 Å². The number of aromatic nitrogens is 2. The molecule has 4 rings (SSSR count). The quantitative estimate of drug-likeness (QED) is 0.749. The molecule has 1 spiro atoms. The van der Waals surface area contributed by atoms with Crippen molar-refractivity contribution in [1.29, 1.82) is 0 Å². The second-order valence-corrected chi connectivity index (χ2v) is 9.83. The second kappa shape index (κ2) is 7.29. The predicted octanol–water partition coefficient (Wildman–Crippen LogP) is 1.29. The zero-order valence-corrected chi connectivity index (χ0v) is 17.1. The highest BCUT2D eigenvalue weighted by molar-refractivity contribution is 7.93. The Hall–Kier alpha value is -2.68. The van der Waals surface area contributed by atoms with Crippen LogP contribution in [0.15, 0.2) is 42.7 Å². The molecule has 9 heteroatoms. The van der Waals surface area contributed by atoms with Crippen molar-refractivity contribution >= 4 is 21.7 Å². The highest BCUT2D eigenvalue weighted by atomic mass is 32.2. The maximum absolute atomic E-state index is 13.0. The molecular weight excluding hydrogens is 392 g/mol. The van der Waals surface area contributed by atoms with Crippen molar-refractivity contribution in [3.05, 3.63) is 53.9 Å². The Labute approximate surface area is 170 Å². The lowest BCUT2D eigenvalue weighted by Crippen LogP contribution is -2.56. The molecule has 2 aliphatic heterocycles. The van der Waals surface area contributed by atoms with Crippen LogP contribution >= 0.6 is 0 Å². The molecule has 0 aliphatic carbocycles. The van der Waals surface area contributed by atoms with E-state index in [4.69, 9.17) is 0 Å². The standard InChI is InChI=1S/C20H24N4O4S/c1-2-23-14-17(12-21-23)19(26)22-10-8-20(9-11-22)24(18(25)15-29(20,27)28)13-16-6-4-3-5-7-16/h3-7,12,14H,2,8-11,13,15H2,1H3. The Bertz CT molecular complexity index is 1020. The second-order valence-electron chi connectivity index (χ2n) is 7.55. The number of carbonyl (C=O) groups is 2. The van der Waals surface area contributed by atoms with Crippen molar-refractivity contribution in [3.63, 3.8) is 0 Å². The Morgan fingerprint density at radius 2 is 1.86 bits per heavy atom. The molecule has 0 saturated carbocycles. The molecule has 8 nitrogen and oxygen atoms in total. The number of piperidine rings is 1. The van der Waals surface area contributed by atoms with E-state index in [1.54, 1.807) is 15.8 Å². The number of carbonyl (C=O) groups excluding carboxylic acids is 2. The van der Waals surface area contributed by atoms with Gasteiger partial charge >= 0.3 is 0 Å². The zero-order valence-electron chi connectivity index (χ0n) is 16.3. The third-order valence-electron chi connectivity index (χ3n) is 5.91. The van der Waals surface area contributed by atoms with Crippen LogP contribution in [0.4, 0.5) is 0 Å². The fourth-order valence-corrected chi connectivity index (χ4v) is 6.29. The van der Waals surface area contributed by atoms with Crippen molar-refractivity contribution in [2.75, 3.05) is 18.8 Å². The largest absolute Gasteiger partial charge is 0.338 e. The minimum absolute atomic E-state index is 0.157. The van der Waals surface area contributed by atoms with E-state index in [9.17, 15) is 18.0 Å². The Morgan fingerprint density at radius 1 is 1.17 bits per heavy atom. The number of amides is 2. The van der Waals surface area contributed by atoms with E-state index in [1.165, 1.54) is 11.1 Å². The van der Waals surface area contributed by atoms with E-state index in [2.05, 4.69) is 5.10 Å². The third kappa shape index (κ3) is 3.33. The van der Waals surface area contributed by atoms with Crippen LogP contribution in [0.1, 0.15) is 35.7 Å². The minimum Gasteiger partial charge on any atom is -0.338 e. The molecule has 0 bridgehead atoms. The molecule has 154 valence electrons. The van der Waals surface area contributed by atoms with Gasteiger partial charge in [0.1, 0.15) is 10.6 Å². The summed E-state index contributed by atoms with van der Waals surface area (Å²) in [6, 6.07) is 9.39. The highest BCUT2D eigenvalue weighted by Crippen LogP contribution is 2.41. The fourth-order valence-electron chi connectivity index (χ4n) is 4.24. The number of hydrogen-bond acceptors (Lipinski definition) is 5.